The van der Waals surface area contributed by atoms with Gasteiger partial charge in [0.1, 0.15) is 0 Å². The molecule has 1 atom stereocenters. The largest absolute Gasteiger partial charge is 0.355 e. The first-order chi connectivity index (χ1) is 12.6. The highest BCUT2D eigenvalue weighted by Gasteiger charge is 2.12. The van der Waals surface area contributed by atoms with Crippen LogP contribution < -0.4 is 5.32 Å². The molecule has 134 valence electrons. The standard InChI is InChI=1S/C18H18ClN5OS/c1-13(14-5-3-2-4-6-14)11-20-17(25)12-26-18-21-22-23-24(18)16-9-7-15(19)8-10-16/h2-10,13H,11-12H2,1H3,(H,20,25)/t13-/m1/s1. The van der Waals surface area contributed by atoms with Crippen molar-refractivity contribution in [1.29, 1.82) is 0 Å². The number of aromatic nitrogens is 4. The molecule has 0 unspecified atom stereocenters. The Morgan fingerprint density at radius 2 is 1.92 bits per heavy atom. The van der Waals surface area contributed by atoms with Gasteiger partial charge in [0.15, 0.2) is 0 Å². The highest BCUT2D eigenvalue weighted by atomic mass is 35.5. The Balaban J connectivity index is 1.52. The van der Waals surface area contributed by atoms with Crippen LogP contribution in [0, 0.1) is 0 Å². The summed E-state index contributed by atoms with van der Waals surface area (Å²) in [6, 6.07) is 17.3. The van der Waals surface area contributed by atoms with Gasteiger partial charge in [0, 0.05) is 11.6 Å². The van der Waals surface area contributed by atoms with E-state index in [0.29, 0.717) is 16.7 Å². The van der Waals surface area contributed by atoms with E-state index in [0.717, 1.165) is 5.69 Å². The fourth-order valence-electron chi connectivity index (χ4n) is 2.36. The lowest BCUT2D eigenvalue weighted by Crippen LogP contribution is -2.29. The predicted molar refractivity (Wildman–Crippen MR) is 103 cm³/mol. The highest BCUT2D eigenvalue weighted by Crippen LogP contribution is 2.19. The number of carbonyl (C=O) groups excluding carboxylic acids is 1. The van der Waals surface area contributed by atoms with Crippen molar-refractivity contribution >= 4 is 29.3 Å². The highest BCUT2D eigenvalue weighted by molar-refractivity contribution is 7.99. The van der Waals surface area contributed by atoms with Crippen LogP contribution >= 0.6 is 23.4 Å². The van der Waals surface area contributed by atoms with Crippen molar-refractivity contribution in [1.82, 2.24) is 25.5 Å². The molecule has 0 radical (unpaired) electrons. The minimum absolute atomic E-state index is 0.0524. The second-order valence-corrected chi connectivity index (χ2v) is 7.13. The van der Waals surface area contributed by atoms with E-state index in [1.807, 2.05) is 30.3 Å². The molecule has 0 saturated carbocycles. The third kappa shape index (κ3) is 4.83. The summed E-state index contributed by atoms with van der Waals surface area (Å²) < 4.78 is 1.58. The summed E-state index contributed by atoms with van der Waals surface area (Å²) in [5, 5.41) is 15.8. The SMILES string of the molecule is C[C@H](CNC(=O)CSc1nnnn1-c1ccc(Cl)cc1)c1ccccc1. The Hall–Kier alpha value is -2.38. The molecule has 3 aromatic rings. The van der Waals surface area contributed by atoms with Crippen molar-refractivity contribution in [3.63, 3.8) is 0 Å². The number of halogens is 1. The van der Waals surface area contributed by atoms with Crippen LogP contribution in [0.5, 0.6) is 0 Å². The second kappa shape index (κ2) is 8.82. The quantitative estimate of drug-likeness (QED) is 0.629. The average Bonchev–Trinajstić information content (AvgIpc) is 3.14. The summed E-state index contributed by atoms with van der Waals surface area (Å²) >= 11 is 7.19. The summed E-state index contributed by atoms with van der Waals surface area (Å²) in [6.45, 7) is 2.68. The van der Waals surface area contributed by atoms with E-state index >= 15 is 0 Å². The smallest absolute Gasteiger partial charge is 0.230 e. The third-order valence-corrected chi connectivity index (χ3v) is 4.99. The molecule has 1 N–H and O–H groups in total. The van der Waals surface area contributed by atoms with Crippen molar-refractivity contribution in [3.8, 4) is 5.69 Å². The number of hydrogen-bond acceptors (Lipinski definition) is 5. The van der Waals surface area contributed by atoms with Gasteiger partial charge < -0.3 is 5.32 Å². The number of carbonyl (C=O) groups is 1. The van der Waals surface area contributed by atoms with E-state index in [1.165, 1.54) is 17.3 Å². The first-order valence-electron chi connectivity index (χ1n) is 8.12. The van der Waals surface area contributed by atoms with E-state index in [1.54, 1.807) is 16.8 Å². The lowest BCUT2D eigenvalue weighted by molar-refractivity contribution is -0.118. The van der Waals surface area contributed by atoms with Crippen LogP contribution in [0.15, 0.2) is 59.8 Å². The first-order valence-corrected chi connectivity index (χ1v) is 9.48. The zero-order valence-electron chi connectivity index (χ0n) is 14.2. The van der Waals surface area contributed by atoms with Crippen LogP contribution in [0.2, 0.25) is 5.02 Å². The maximum atomic E-state index is 12.1. The molecule has 3 rings (SSSR count). The lowest BCUT2D eigenvalue weighted by atomic mass is 10.0. The molecule has 1 aromatic heterocycles. The van der Waals surface area contributed by atoms with E-state index in [4.69, 9.17) is 11.6 Å². The number of nitrogens with zero attached hydrogens (tertiary/aromatic N) is 4. The average molecular weight is 388 g/mol. The fraction of sp³-hybridized carbons (Fsp3) is 0.222. The van der Waals surface area contributed by atoms with Crippen molar-refractivity contribution < 1.29 is 4.79 Å². The zero-order valence-corrected chi connectivity index (χ0v) is 15.7. The summed E-state index contributed by atoms with van der Waals surface area (Å²) in [5.41, 5.74) is 1.99. The third-order valence-electron chi connectivity index (χ3n) is 3.82. The minimum Gasteiger partial charge on any atom is -0.355 e. The Morgan fingerprint density at radius 3 is 2.65 bits per heavy atom. The summed E-state index contributed by atoms with van der Waals surface area (Å²) in [7, 11) is 0. The number of tetrazole rings is 1. The topological polar surface area (TPSA) is 72.7 Å². The second-order valence-electron chi connectivity index (χ2n) is 5.75. The number of hydrogen-bond donors (Lipinski definition) is 1. The molecule has 0 aliphatic carbocycles. The minimum atomic E-state index is -0.0524. The molecule has 6 nitrogen and oxygen atoms in total. The van der Waals surface area contributed by atoms with E-state index in [2.05, 4.69) is 39.9 Å². The van der Waals surface area contributed by atoms with Crippen LogP contribution in [-0.4, -0.2) is 38.4 Å². The fourth-order valence-corrected chi connectivity index (χ4v) is 3.21. The molecule has 1 heterocycles. The molecular weight excluding hydrogens is 370 g/mol. The van der Waals surface area contributed by atoms with Gasteiger partial charge in [0.05, 0.1) is 11.4 Å². The van der Waals surface area contributed by atoms with Gasteiger partial charge in [-0.15, -0.1) is 5.10 Å². The van der Waals surface area contributed by atoms with Crippen LogP contribution in [0.1, 0.15) is 18.4 Å². The van der Waals surface area contributed by atoms with Gasteiger partial charge >= 0.3 is 0 Å². The molecule has 8 heteroatoms. The molecule has 0 fully saturated rings. The first kappa shape index (κ1) is 18.4. The van der Waals surface area contributed by atoms with Gasteiger partial charge in [-0.3, -0.25) is 4.79 Å². The predicted octanol–water partition coefficient (Wildman–Crippen LogP) is 3.33. The molecule has 26 heavy (non-hydrogen) atoms. The van der Waals surface area contributed by atoms with Crippen molar-refractivity contribution in [2.75, 3.05) is 12.3 Å². The summed E-state index contributed by atoms with van der Waals surface area (Å²) in [6.07, 6.45) is 0. The molecule has 0 aliphatic heterocycles. The van der Waals surface area contributed by atoms with Gasteiger partial charge in [0.25, 0.3) is 0 Å². The maximum Gasteiger partial charge on any atom is 0.230 e. The number of benzene rings is 2. The summed E-state index contributed by atoms with van der Waals surface area (Å²) in [5.74, 6) is 0.447. The van der Waals surface area contributed by atoms with Crippen LogP contribution in [-0.2, 0) is 4.79 Å². The van der Waals surface area contributed by atoms with Gasteiger partial charge in [-0.05, 0) is 46.2 Å². The molecule has 0 spiro atoms. The molecule has 0 saturated heterocycles. The van der Waals surface area contributed by atoms with Gasteiger partial charge in [-0.2, -0.15) is 4.68 Å². The zero-order chi connectivity index (χ0) is 18.4. The van der Waals surface area contributed by atoms with Crippen molar-refractivity contribution in [3.05, 3.63) is 65.2 Å². The molecule has 0 aliphatic rings. The molecule has 2 aromatic carbocycles. The maximum absolute atomic E-state index is 12.1. The van der Waals surface area contributed by atoms with E-state index < -0.39 is 0 Å². The van der Waals surface area contributed by atoms with Crippen molar-refractivity contribution in [2.45, 2.75) is 18.0 Å². The molecule has 1 amide bonds. The Kier molecular flexibility index (Phi) is 6.25. The van der Waals surface area contributed by atoms with Gasteiger partial charge in [0.2, 0.25) is 11.1 Å². The Bertz CT molecular complexity index is 854. The van der Waals surface area contributed by atoms with Crippen LogP contribution in [0.4, 0.5) is 0 Å². The van der Waals surface area contributed by atoms with Crippen LogP contribution in [0.25, 0.3) is 5.69 Å². The van der Waals surface area contributed by atoms with E-state index in [9.17, 15) is 4.79 Å². The van der Waals surface area contributed by atoms with Gasteiger partial charge in [-0.25, -0.2) is 0 Å². The normalized spacial score (nSPS) is 11.9. The monoisotopic (exact) mass is 387 g/mol. The Labute approximate surface area is 160 Å². The van der Waals surface area contributed by atoms with E-state index in [-0.39, 0.29) is 17.6 Å². The molecular formula is C18H18ClN5OS. The van der Waals surface area contributed by atoms with Gasteiger partial charge in [-0.1, -0.05) is 60.6 Å². The Morgan fingerprint density at radius 1 is 1.19 bits per heavy atom. The lowest BCUT2D eigenvalue weighted by Gasteiger charge is -2.12. The summed E-state index contributed by atoms with van der Waals surface area (Å²) in [4.78, 5) is 12.1. The van der Waals surface area contributed by atoms with Crippen LogP contribution in [0.3, 0.4) is 0 Å². The number of nitrogens with one attached hydrogen (secondary N) is 1. The van der Waals surface area contributed by atoms with Crippen molar-refractivity contribution in [2.24, 2.45) is 0 Å². The number of rotatable bonds is 7. The number of amides is 1. The molecule has 0 bridgehead atoms. The number of thioether (sulfide) groups is 1.